The molecule has 0 atom stereocenters. The Balaban J connectivity index is 0.00000242. The summed E-state index contributed by atoms with van der Waals surface area (Å²) in [6.45, 7) is 4.15. The molecule has 22 heavy (non-hydrogen) atoms. The van der Waals surface area contributed by atoms with Crippen LogP contribution in [0.4, 0.5) is 0 Å². The number of hydrogen-bond acceptors (Lipinski definition) is 3. The Hall–Kier alpha value is -0.0400. The summed E-state index contributed by atoms with van der Waals surface area (Å²) in [5.74, 6) is 0. The summed E-state index contributed by atoms with van der Waals surface area (Å²) in [5, 5.41) is 3.62. The molecule has 126 valence electrons. The Kier molecular flexibility index (Phi) is 7.92. The molecule has 0 radical (unpaired) electrons. The first-order chi connectivity index (χ1) is 9.98. The minimum Gasteiger partial charge on any atom is -0.317 e. The molecule has 0 bridgehead atoms. The van der Waals surface area contributed by atoms with Gasteiger partial charge in [0.15, 0.2) is 0 Å². The molecule has 0 spiro atoms. The molecule has 0 aromatic heterocycles. The molecule has 2 rings (SSSR count). The summed E-state index contributed by atoms with van der Waals surface area (Å²) in [6.07, 6.45) is 2.40. The Morgan fingerprint density at radius 1 is 1.27 bits per heavy atom. The molecule has 0 aliphatic carbocycles. The van der Waals surface area contributed by atoms with Crippen LogP contribution in [0.25, 0.3) is 0 Å². The highest BCUT2D eigenvalue weighted by molar-refractivity contribution is 7.89. The number of rotatable bonds is 5. The minimum atomic E-state index is -3.63. The number of benzene rings is 1. The smallest absolute Gasteiger partial charge is 0.244 e. The van der Waals surface area contributed by atoms with Gasteiger partial charge in [0.2, 0.25) is 10.0 Å². The van der Waals surface area contributed by atoms with Gasteiger partial charge in [-0.3, -0.25) is 0 Å². The molecule has 4 nitrogen and oxygen atoms in total. The van der Waals surface area contributed by atoms with Crippen molar-refractivity contribution in [3.8, 4) is 0 Å². The third-order valence-corrected chi connectivity index (χ3v) is 6.59. The van der Waals surface area contributed by atoms with E-state index in [0.29, 0.717) is 6.54 Å². The second-order valence-corrected chi connectivity index (χ2v) is 7.79. The minimum absolute atomic E-state index is 0. The zero-order valence-corrected chi connectivity index (χ0v) is 15.5. The summed E-state index contributed by atoms with van der Waals surface area (Å²) in [4.78, 5) is 0.101. The van der Waals surface area contributed by atoms with Crippen LogP contribution in [0, 0.1) is 0 Å². The van der Waals surface area contributed by atoms with Crippen LogP contribution >= 0.6 is 35.6 Å². The van der Waals surface area contributed by atoms with E-state index in [4.69, 9.17) is 23.2 Å². The maximum Gasteiger partial charge on any atom is 0.244 e. The quantitative estimate of drug-likeness (QED) is 0.840. The van der Waals surface area contributed by atoms with Crippen LogP contribution in [-0.4, -0.2) is 38.4 Å². The van der Waals surface area contributed by atoms with E-state index in [-0.39, 0.29) is 33.4 Å². The molecule has 1 fully saturated rings. The number of hydrogen-bond donors (Lipinski definition) is 1. The van der Waals surface area contributed by atoms with Gasteiger partial charge >= 0.3 is 0 Å². The van der Waals surface area contributed by atoms with E-state index in [2.05, 4.69) is 5.32 Å². The average molecular weight is 388 g/mol. The number of nitrogens with zero attached hydrogens (tertiary/aromatic N) is 1. The number of halogens is 3. The van der Waals surface area contributed by atoms with E-state index in [1.807, 2.05) is 6.92 Å². The Bertz CT molecular complexity index is 590. The highest BCUT2D eigenvalue weighted by atomic mass is 35.5. The lowest BCUT2D eigenvalue weighted by atomic mass is 10.1. The van der Waals surface area contributed by atoms with Crippen LogP contribution in [0.15, 0.2) is 23.1 Å². The van der Waals surface area contributed by atoms with Crippen molar-refractivity contribution in [2.45, 2.75) is 37.1 Å². The Morgan fingerprint density at radius 3 is 2.50 bits per heavy atom. The molecule has 1 N–H and O–H groups in total. The van der Waals surface area contributed by atoms with Crippen LogP contribution < -0.4 is 5.32 Å². The van der Waals surface area contributed by atoms with Crippen LogP contribution in [0.2, 0.25) is 10.0 Å². The topological polar surface area (TPSA) is 49.4 Å². The molecule has 1 heterocycles. The van der Waals surface area contributed by atoms with Gasteiger partial charge in [0.25, 0.3) is 0 Å². The number of nitrogens with one attached hydrogen (secondary N) is 1. The predicted octanol–water partition coefficient (Wildman–Crippen LogP) is 3.57. The fourth-order valence-electron chi connectivity index (χ4n) is 2.62. The fraction of sp³-hybridized carbons (Fsp3) is 0.571. The summed E-state index contributed by atoms with van der Waals surface area (Å²) in [7, 11) is -3.63. The first-order valence-electron chi connectivity index (χ1n) is 7.15. The molecule has 1 aromatic rings. The highest BCUT2D eigenvalue weighted by Gasteiger charge is 2.33. The zero-order chi connectivity index (χ0) is 15.5. The van der Waals surface area contributed by atoms with Gasteiger partial charge in [-0.25, -0.2) is 8.42 Å². The molecule has 1 aliphatic heterocycles. The standard InChI is InChI=1S/C14H20Cl2N2O2S.ClH/c1-2-10-18(11-6-8-17-9-7-11)21(19,20)13-5-3-4-12(15)14(13)16;/h3-5,11,17H,2,6-10H2,1H3;1H. The molecule has 0 unspecified atom stereocenters. The van der Waals surface area contributed by atoms with Crippen LogP contribution in [-0.2, 0) is 10.0 Å². The molecule has 0 saturated carbocycles. The van der Waals surface area contributed by atoms with Gasteiger partial charge in [0.1, 0.15) is 4.90 Å². The summed E-state index contributed by atoms with van der Waals surface area (Å²) in [6, 6.07) is 4.75. The van der Waals surface area contributed by atoms with Crippen molar-refractivity contribution in [2.75, 3.05) is 19.6 Å². The lowest BCUT2D eigenvalue weighted by Gasteiger charge is -2.33. The number of piperidine rings is 1. The van der Waals surface area contributed by atoms with E-state index in [0.717, 1.165) is 32.4 Å². The van der Waals surface area contributed by atoms with Gasteiger partial charge in [0.05, 0.1) is 10.0 Å². The molecular weight excluding hydrogens is 367 g/mol. The summed E-state index contributed by atoms with van der Waals surface area (Å²) in [5.41, 5.74) is 0. The molecule has 0 amide bonds. The first kappa shape index (κ1) is 20.0. The Labute approximate surface area is 148 Å². The molecular formula is C14H21Cl3N2O2S. The summed E-state index contributed by atoms with van der Waals surface area (Å²) < 4.78 is 27.5. The maximum absolute atomic E-state index is 13.0. The van der Waals surface area contributed by atoms with E-state index < -0.39 is 10.0 Å². The van der Waals surface area contributed by atoms with E-state index in [1.165, 1.54) is 6.07 Å². The van der Waals surface area contributed by atoms with Gasteiger partial charge in [0, 0.05) is 12.6 Å². The third-order valence-electron chi connectivity index (χ3n) is 3.66. The zero-order valence-electron chi connectivity index (χ0n) is 12.4. The van der Waals surface area contributed by atoms with E-state index in [9.17, 15) is 8.42 Å². The number of sulfonamides is 1. The fourth-order valence-corrected chi connectivity index (χ4v) is 5.14. The van der Waals surface area contributed by atoms with Gasteiger partial charge in [-0.2, -0.15) is 4.31 Å². The van der Waals surface area contributed by atoms with Crippen LogP contribution in [0.5, 0.6) is 0 Å². The average Bonchev–Trinajstić information content (AvgIpc) is 2.48. The monoisotopic (exact) mass is 386 g/mol. The lowest BCUT2D eigenvalue weighted by Crippen LogP contribution is -2.46. The van der Waals surface area contributed by atoms with Crippen molar-refractivity contribution in [1.29, 1.82) is 0 Å². The van der Waals surface area contributed by atoms with Crippen molar-refractivity contribution in [1.82, 2.24) is 9.62 Å². The highest BCUT2D eigenvalue weighted by Crippen LogP contribution is 2.32. The molecule has 1 aromatic carbocycles. The summed E-state index contributed by atoms with van der Waals surface area (Å²) >= 11 is 12.1. The van der Waals surface area contributed by atoms with Crippen LogP contribution in [0.3, 0.4) is 0 Å². The first-order valence-corrected chi connectivity index (χ1v) is 9.34. The van der Waals surface area contributed by atoms with Gasteiger partial charge in [-0.1, -0.05) is 36.2 Å². The maximum atomic E-state index is 13.0. The molecule has 1 saturated heterocycles. The predicted molar refractivity (Wildman–Crippen MR) is 93.8 cm³/mol. The largest absolute Gasteiger partial charge is 0.317 e. The molecule has 1 aliphatic rings. The SMILES string of the molecule is CCCN(C1CCNCC1)S(=O)(=O)c1cccc(Cl)c1Cl.Cl. The van der Waals surface area contributed by atoms with Gasteiger partial charge in [-0.05, 0) is 44.5 Å². The normalized spacial score (nSPS) is 16.5. The second-order valence-electron chi connectivity index (χ2n) is 5.15. The van der Waals surface area contributed by atoms with Crippen molar-refractivity contribution < 1.29 is 8.42 Å². The van der Waals surface area contributed by atoms with Crippen LogP contribution in [0.1, 0.15) is 26.2 Å². The van der Waals surface area contributed by atoms with Crippen molar-refractivity contribution in [3.63, 3.8) is 0 Å². The third kappa shape index (κ3) is 4.28. The van der Waals surface area contributed by atoms with E-state index >= 15 is 0 Å². The second kappa shape index (κ2) is 8.71. The van der Waals surface area contributed by atoms with Crippen molar-refractivity contribution in [3.05, 3.63) is 28.2 Å². The molecule has 8 heteroatoms. The van der Waals surface area contributed by atoms with Crippen molar-refractivity contribution >= 4 is 45.6 Å². The van der Waals surface area contributed by atoms with E-state index in [1.54, 1.807) is 16.4 Å². The Morgan fingerprint density at radius 2 is 1.91 bits per heavy atom. The van der Waals surface area contributed by atoms with Gasteiger partial charge in [-0.15, -0.1) is 12.4 Å². The lowest BCUT2D eigenvalue weighted by molar-refractivity contribution is 0.262. The van der Waals surface area contributed by atoms with Gasteiger partial charge < -0.3 is 5.32 Å². The van der Waals surface area contributed by atoms with Crippen molar-refractivity contribution in [2.24, 2.45) is 0 Å².